The molecule has 0 aliphatic carbocycles. The van der Waals surface area contributed by atoms with E-state index in [1.807, 2.05) is 0 Å². The van der Waals surface area contributed by atoms with Gasteiger partial charge >= 0.3 is 0 Å². The summed E-state index contributed by atoms with van der Waals surface area (Å²) in [6.45, 7) is 7.22. The van der Waals surface area contributed by atoms with Crippen molar-refractivity contribution in [3.8, 4) is 5.75 Å². The number of hydrogen-bond donors (Lipinski definition) is 0. The molecule has 0 amide bonds. The van der Waals surface area contributed by atoms with E-state index in [0.29, 0.717) is 6.04 Å². The molecule has 3 rings (SSSR count). The van der Waals surface area contributed by atoms with Crippen LogP contribution in [-0.2, 0) is 13.0 Å². The van der Waals surface area contributed by atoms with Gasteiger partial charge in [0.25, 0.3) is 0 Å². The summed E-state index contributed by atoms with van der Waals surface area (Å²) in [6.07, 6.45) is 6.72. The second-order valence-corrected chi connectivity index (χ2v) is 6.94. The molecule has 0 radical (unpaired) electrons. The Bertz CT molecular complexity index is 636. The van der Waals surface area contributed by atoms with E-state index in [2.05, 4.69) is 54.2 Å². The summed E-state index contributed by atoms with van der Waals surface area (Å²) in [4.78, 5) is 2.51. The molecule has 1 aliphatic rings. The van der Waals surface area contributed by atoms with Gasteiger partial charge in [0, 0.05) is 19.0 Å². The number of rotatable bonds is 9. The lowest BCUT2D eigenvalue weighted by Crippen LogP contribution is -2.22. The van der Waals surface area contributed by atoms with Crippen molar-refractivity contribution in [1.29, 1.82) is 0 Å². The fraction of sp³-hybridized carbons (Fsp3) is 0.571. The van der Waals surface area contributed by atoms with Gasteiger partial charge in [-0.3, -0.25) is 4.90 Å². The first-order chi connectivity index (χ1) is 12.3. The van der Waals surface area contributed by atoms with E-state index in [0.717, 1.165) is 69.0 Å². The molecule has 1 atom stereocenters. The smallest absolute Gasteiger partial charge is 0.137 e. The molecule has 2 aromatic rings. The van der Waals surface area contributed by atoms with Crippen molar-refractivity contribution in [3.63, 3.8) is 0 Å². The zero-order chi connectivity index (χ0) is 17.5. The van der Waals surface area contributed by atoms with Crippen LogP contribution in [0.1, 0.15) is 69.0 Å². The predicted octanol–water partition coefficient (Wildman–Crippen LogP) is 5.14. The predicted molar refractivity (Wildman–Crippen MR) is 99.7 cm³/mol. The highest BCUT2D eigenvalue weighted by atomic mass is 16.5. The third-order valence-electron chi connectivity index (χ3n) is 4.85. The minimum Gasteiger partial charge on any atom is -0.494 e. The summed E-state index contributed by atoms with van der Waals surface area (Å²) >= 11 is 0. The van der Waals surface area contributed by atoms with Crippen molar-refractivity contribution in [1.82, 2.24) is 10.1 Å². The van der Waals surface area contributed by atoms with Crippen LogP contribution in [0.25, 0.3) is 0 Å². The van der Waals surface area contributed by atoms with Gasteiger partial charge in [0.1, 0.15) is 17.2 Å². The summed E-state index contributed by atoms with van der Waals surface area (Å²) in [7, 11) is 0. The highest BCUT2D eigenvalue weighted by molar-refractivity contribution is 5.27. The molecule has 136 valence electrons. The van der Waals surface area contributed by atoms with Crippen LogP contribution in [0.3, 0.4) is 0 Å². The fourth-order valence-corrected chi connectivity index (χ4v) is 3.46. The maximum Gasteiger partial charge on any atom is 0.137 e. The van der Waals surface area contributed by atoms with Gasteiger partial charge in [-0.05, 0) is 49.9 Å². The van der Waals surface area contributed by atoms with Crippen LogP contribution < -0.4 is 4.74 Å². The SMILES string of the molecule is CCCCOc1ccc(CN2CCC[C@@H]2c2cc(CCC)on2)cc1. The van der Waals surface area contributed by atoms with Crippen molar-refractivity contribution < 1.29 is 9.26 Å². The Morgan fingerprint density at radius 2 is 2.04 bits per heavy atom. The highest BCUT2D eigenvalue weighted by Gasteiger charge is 2.28. The van der Waals surface area contributed by atoms with Crippen LogP contribution in [0.2, 0.25) is 0 Å². The van der Waals surface area contributed by atoms with Gasteiger partial charge < -0.3 is 9.26 Å². The topological polar surface area (TPSA) is 38.5 Å². The second kappa shape index (κ2) is 9.04. The van der Waals surface area contributed by atoms with Gasteiger partial charge in [0.05, 0.1) is 12.6 Å². The first-order valence-electron chi connectivity index (χ1n) is 9.71. The molecule has 0 N–H and O–H groups in total. The number of nitrogens with zero attached hydrogens (tertiary/aromatic N) is 2. The number of ether oxygens (including phenoxy) is 1. The van der Waals surface area contributed by atoms with Gasteiger partial charge in [-0.15, -0.1) is 0 Å². The molecule has 1 saturated heterocycles. The average Bonchev–Trinajstić information content (AvgIpc) is 3.26. The Balaban J connectivity index is 1.59. The Hall–Kier alpha value is -1.81. The lowest BCUT2D eigenvalue weighted by atomic mass is 10.1. The maximum atomic E-state index is 5.75. The second-order valence-electron chi connectivity index (χ2n) is 6.94. The van der Waals surface area contributed by atoms with Crippen LogP contribution in [-0.4, -0.2) is 23.2 Å². The molecule has 4 heteroatoms. The lowest BCUT2D eigenvalue weighted by Gasteiger charge is -2.22. The third kappa shape index (κ3) is 4.85. The number of hydrogen-bond acceptors (Lipinski definition) is 4. The molecule has 1 aliphatic heterocycles. The molecular formula is C21H30N2O2. The van der Waals surface area contributed by atoms with Crippen molar-refractivity contribution in [2.24, 2.45) is 0 Å². The Labute approximate surface area is 151 Å². The number of unbranched alkanes of at least 4 members (excludes halogenated alkanes) is 1. The van der Waals surface area contributed by atoms with Gasteiger partial charge in [-0.25, -0.2) is 0 Å². The van der Waals surface area contributed by atoms with E-state index in [9.17, 15) is 0 Å². The Kier molecular flexibility index (Phi) is 6.51. The van der Waals surface area contributed by atoms with E-state index in [1.165, 1.54) is 12.0 Å². The minimum atomic E-state index is 0.384. The van der Waals surface area contributed by atoms with E-state index in [4.69, 9.17) is 9.26 Å². The molecule has 0 spiro atoms. The van der Waals surface area contributed by atoms with Gasteiger partial charge in [-0.1, -0.05) is 37.6 Å². The Morgan fingerprint density at radius 1 is 1.20 bits per heavy atom. The molecule has 2 heterocycles. The molecule has 0 saturated carbocycles. The molecule has 1 aromatic carbocycles. The lowest BCUT2D eigenvalue weighted by molar-refractivity contribution is 0.236. The molecule has 0 bridgehead atoms. The standard InChI is InChI=1S/C21H30N2O2/c1-3-5-14-24-18-11-9-17(10-12-18)16-23-13-6-8-21(23)20-15-19(7-4-2)25-22-20/h9-12,15,21H,3-8,13-14,16H2,1-2H3/t21-/m1/s1. The monoisotopic (exact) mass is 342 g/mol. The molecule has 4 nitrogen and oxygen atoms in total. The molecule has 0 unspecified atom stereocenters. The van der Waals surface area contributed by atoms with E-state index in [-0.39, 0.29) is 0 Å². The molecule has 1 fully saturated rings. The van der Waals surface area contributed by atoms with Crippen molar-refractivity contribution in [3.05, 3.63) is 47.3 Å². The number of aromatic nitrogens is 1. The highest BCUT2D eigenvalue weighted by Crippen LogP contribution is 2.33. The summed E-state index contributed by atoms with van der Waals surface area (Å²) in [6, 6.07) is 11.1. The van der Waals surface area contributed by atoms with Crippen molar-refractivity contribution >= 4 is 0 Å². The first-order valence-corrected chi connectivity index (χ1v) is 9.71. The fourth-order valence-electron chi connectivity index (χ4n) is 3.46. The van der Waals surface area contributed by atoms with E-state index < -0.39 is 0 Å². The number of benzene rings is 1. The molecular weight excluding hydrogens is 312 g/mol. The van der Waals surface area contributed by atoms with Crippen molar-refractivity contribution in [2.75, 3.05) is 13.2 Å². The van der Waals surface area contributed by atoms with Crippen LogP contribution in [0.5, 0.6) is 5.75 Å². The normalized spacial score (nSPS) is 17.9. The zero-order valence-corrected chi connectivity index (χ0v) is 15.5. The maximum absolute atomic E-state index is 5.75. The van der Waals surface area contributed by atoms with Crippen LogP contribution in [0.4, 0.5) is 0 Å². The van der Waals surface area contributed by atoms with Gasteiger partial charge in [0.15, 0.2) is 0 Å². The molecule has 1 aromatic heterocycles. The Morgan fingerprint density at radius 3 is 2.80 bits per heavy atom. The van der Waals surface area contributed by atoms with Crippen molar-refractivity contribution in [2.45, 2.75) is 65.0 Å². The van der Waals surface area contributed by atoms with Crippen LogP contribution >= 0.6 is 0 Å². The van der Waals surface area contributed by atoms with Gasteiger partial charge in [-0.2, -0.15) is 0 Å². The minimum absolute atomic E-state index is 0.384. The third-order valence-corrected chi connectivity index (χ3v) is 4.85. The van der Waals surface area contributed by atoms with E-state index >= 15 is 0 Å². The summed E-state index contributed by atoms with van der Waals surface area (Å²) in [5, 5.41) is 4.33. The average molecular weight is 342 g/mol. The van der Waals surface area contributed by atoms with E-state index in [1.54, 1.807) is 0 Å². The quantitative estimate of drug-likeness (QED) is 0.591. The summed E-state index contributed by atoms with van der Waals surface area (Å²) in [5.74, 6) is 1.98. The van der Waals surface area contributed by atoms with Crippen LogP contribution in [0.15, 0.2) is 34.9 Å². The number of aryl methyl sites for hydroxylation is 1. The molecule has 25 heavy (non-hydrogen) atoms. The zero-order valence-electron chi connectivity index (χ0n) is 15.5. The summed E-state index contributed by atoms with van der Waals surface area (Å²) < 4.78 is 11.2. The summed E-state index contributed by atoms with van der Waals surface area (Å²) in [5.41, 5.74) is 2.42. The van der Waals surface area contributed by atoms with Gasteiger partial charge in [0.2, 0.25) is 0 Å². The van der Waals surface area contributed by atoms with Crippen LogP contribution in [0, 0.1) is 0 Å². The largest absolute Gasteiger partial charge is 0.494 e. The number of likely N-dealkylation sites (tertiary alicyclic amines) is 1. The first kappa shape index (κ1) is 18.0.